The first-order chi connectivity index (χ1) is 7.13. The van der Waals surface area contributed by atoms with E-state index in [2.05, 4.69) is 29.3 Å². The van der Waals surface area contributed by atoms with E-state index in [-0.39, 0.29) is 24.0 Å². The number of nitrogens with two attached hydrogens (primary N) is 1. The summed E-state index contributed by atoms with van der Waals surface area (Å²) in [6.07, 6.45) is 0. The van der Waals surface area contributed by atoms with Crippen LogP contribution in [0.1, 0.15) is 38.1 Å². The van der Waals surface area contributed by atoms with Gasteiger partial charge in [-0.25, -0.2) is 4.99 Å². The zero-order chi connectivity index (χ0) is 11.3. The maximum absolute atomic E-state index is 5.58. The van der Waals surface area contributed by atoms with Gasteiger partial charge in [0.1, 0.15) is 6.54 Å². The molecule has 0 aliphatic carbocycles. The lowest BCUT2D eigenvalue weighted by molar-refractivity contribution is 0.376. The number of halogens is 1. The van der Waals surface area contributed by atoms with Gasteiger partial charge in [-0.3, -0.25) is 0 Å². The van der Waals surface area contributed by atoms with E-state index in [1.807, 2.05) is 13.0 Å². The molecule has 6 heteroatoms. The van der Waals surface area contributed by atoms with Gasteiger partial charge in [0.05, 0.1) is 5.69 Å². The van der Waals surface area contributed by atoms with Crippen molar-refractivity contribution >= 4 is 29.9 Å². The highest BCUT2D eigenvalue weighted by Crippen LogP contribution is 2.14. The molecule has 0 saturated heterocycles. The van der Waals surface area contributed by atoms with E-state index in [1.54, 1.807) is 0 Å². The van der Waals surface area contributed by atoms with Crippen molar-refractivity contribution in [3.63, 3.8) is 0 Å². The summed E-state index contributed by atoms with van der Waals surface area (Å²) in [6, 6.07) is 1.91. The quantitative estimate of drug-likeness (QED) is 0.499. The fourth-order valence-electron chi connectivity index (χ4n) is 1.08. The third-order valence-electron chi connectivity index (χ3n) is 1.93. The van der Waals surface area contributed by atoms with E-state index < -0.39 is 0 Å². The maximum Gasteiger partial charge on any atom is 0.189 e. The van der Waals surface area contributed by atoms with Crippen LogP contribution in [0, 0.1) is 0 Å². The molecule has 92 valence electrons. The van der Waals surface area contributed by atoms with E-state index in [0.29, 0.717) is 18.4 Å². The molecule has 0 atom stereocenters. The fourth-order valence-corrected chi connectivity index (χ4v) is 1.08. The van der Waals surface area contributed by atoms with Crippen LogP contribution in [0.25, 0.3) is 0 Å². The number of guanidine groups is 1. The lowest BCUT2D eigenvalue weighted by Crippen LogP contribution is -2.31. The van der Waals surface area contributed by atoms with Gasteiger partial charge in [-0.2, -0.15) is 0 Å². The number of nitrogens with zero attached hydrogens (tertiary/aromatic N) is 2. The van der Waals surface area contributed by atoms with Gasteiger partial charge >= 0.3 is 0 Å². The van der Waals surface area contributed by atoms with Gasteiger partial charge in [-0.15, -0.1) is 24.0 Å². The van der Waals surface area contributed by atoms with Crippen molar-refractivity contribution < 1.29 is 4.52 Å². The largest absolute Gasteiger partial charge is 0.370 e. The van der Waals surface area contributed by atoms with Crippen LogP contribution in [0.2, 0.25) is 0 Å². The Kier molecular flexibility index (Phi) is 7.11. The molecule has 0 bridgehead atoms. The van der Waals surface area contributed by atoms with E-state index in [4.69, 9.17) is 10.3 Å². The minimum atomic E-state index is 0. The molecule has 16 heavy (non-hydrogen) atoms. The zero-order valence-electron chi connectivity index (χ0n) is 9.86. The number of nitrogens with one attached hydrogen (secondary N) is 1. The summed E-state index contributed by atoms with van der Waals surface area (Å²) in [6.45, 7) is 7.30. The SMILES string of the molecule is CCNC(N)=NCc1cc(C(C)C)no1.I. The van der Waals surface area contributed by atoms with Crippen LogP contribution in [-0.2, 0) is 6.54 Å². The minimum absolute atomic E-state index is 0. The van der Waals surface area contributed by atoms with Crippen molar-refractivity contribution in [3.05, 3.63) is 17.5 Å². The van der Waals surface area contributed by atoms with Crippen LogP contribution < -0.4 is 11.1 Å². The van der Waals surface area contributed by atoms with Crippen LogP contribution >= 0.6 is 24.0 Å². The third kappa shape index (κ3) is 4.82. The lowest BCUT2D eigenvalue weighted by atomic mass is 10.1. The van der Waals surface area contributed by atoms with Crippen molar-refractivity contribution in [2.45, 2.75) is 33.2 Å². The summed E-state index contributed by atoms with van der Waals surface area (Å²) in [5.41, 5.74) is 6.52. The normalized spacial score (nSPS) is 11.4. The van der Waals surface area contributed by atoms with E-state index in [0.717, 1.165) is 18.0 Å². The second kappa shape index (κ2) is 7.48. The summed E-state index contributed by atoms with van der Waals surface area (Å²) >= 11 is 0. The van der Waals surface area contributed by atoms with Gasteiger partial charge in [0, 0.05) is 12.6 Å². The average Bonchev–Trinajstić information content (AvgIpc) is 2.63. The van der Waals surface area contributed by atoms with Crippen LogP contribution in [0.5, 0.6) is 0 Å². The monoisotopic (exact) mass is 338 g/mol. The predicted octanol–water partition coefficient (Wildman–Crippen LogP) is 1.84. The van der Waals surface area contributed by atoms with E-state index in [9.17, 15) is 0 Å². The van der Waals surface area contributed by atoms with Crippen LogP contribution in [0.15, 0.2) is 15.6 Å². The van der Waals surface area contributed by atoms with Gasteiger partial charge in [0.2, 0.25) is 0 Å². The van der Waals surface area contributed by atoms with Crippen molar-refractivity contribution in [2.75, 3.05) is 6.54 Å². The molecule has 1 heterocycles. The topological polar surface area (TPSA) is 76.4 Å². The van der Waals surface area contributed by atoms with Gasteiger partial charge in [0.25, 0.3) is 0 Å². The Bertz CT molecular complexity index is 335. The second-order valence-corrected chi connectivity index (χ2v) is 3.60. The molecule has 5 nitrogen and oxygen atoms in total. The van der Waals surface area contributed by atoms with Gasteiger partial charge in [-0.1, -0.05) is 19.0 Å². The molecular formula is C10H19IN4O. The molecule has 1 aromatic rings. The van der Waals surface area contributed by atoms with Crippen molar-refractivity contribution in [1.29, 1.82) is 0 Å². The molecule has 0 aliphatic rings. The van der Waals surface area contributed by atoms with Crippen molar-refractivity contribution in [1.82, 2.24) is 10.5 Å². The molecule has 0 unspecified atom stereocenters. The molecule has 0 aromatic carbocycles. The Labute approximate surface area is 113 Å². The summed E-state index contributed by atoms with van der Waals surface area (Å²) in [5, 5.41) is 6.85. The van der Waals surface area contributed by atoms with E-state index >= 15 is 0 Å². The molecule has 0 saturated carbocycles. The van der Waals surface area contributed by atoms with Crippen molar-refractivity contribution in [3.8, 4) is 0 Å². The van der Waals surface area contributed by atoms with Crippen molar-refractivity contribution in [2.24, 2.45) is 10.7 Å². The highest BCUT2D eigenvalue weighted by Gasteiger charge is 2.06. The molecule has 0 radical (unpaired) electrons. The second-order valence-electron chi connectivity index (χ2n) is 3.60. The highest BCUT2D eigenvalue weighted by atomic mass is 127. The van der Waals surface area contributed by atoms with Gasteiger partial charge in [0.15, 0.2) is 11.7 Å². The standard InChI is InChI=1S/C10H18N4O.HI/c1-4-12-10(11)13-6-8-5-9(7(2)3)14-15-8;/h5,7H,4,6H2,1-3H3,(H3,11,12,13);1H. The predicted molar refractivity (Wildman–Crippen MR) is 75.0 cm³/mol. The molecule has 0 spiro atoms. The summed E-state index contributed by atoms with van der Waals surface area (Å²) < 4.78 is 5.11. The Morgan fingerprint density at radius 3 is 2.81 bits per heavy atom. The molecule has 0 amide bonds. The molecule has 3 N–H and O–H groups in total. The van der Waals surface area contributed by atoms with Gasteiger partial charge in [-0.05, 0) is 12.8 Å². The molecular weight excluding hydrogens is 319 g/mol. The first kappa shape index (κ1) is 15.2. The molecule has 1 aromatic heterocycles. The first-order valence-electron chi connectivity index (χ1n) is 5.12. The molecule has 1 rings (SSSR count). The summed E-state index contributed by atoms with van der Waals surface area (Å²) in [4.78, 5) is 4.11. The van der Waals surface area contributed by atoms with Crippen LogP contribution in [0.4, 0.5) is 0 Å². The maximum atomic E-state index is 5.58. The first-order valence-corrected chi connectivity index (χ1v) is 5.12. The number of aromatic nitrogens is 1. The Hall–Kier alpha value is -0.790. The summed E-state index contributed by atoms with van der Waals surface area (Å²) in [7, 11) is 0. The lowest BCUT2D eigenvalue weighted by Gasteiger charge is -1.99. The van der Waals surface area contributed by atoms with E-state index in [1.165, 1.54) is 0 Å². The Morgan fingerprint density at radius 2 is 2.31 bits per heavy atom. The smallest absolute Gasteiger partial charge is 0.189 e. The average molecular weight is 338 g/mol. The number of aliphatic imine (C=N–C) groups is 1. The fraction of sp³-hybridized carbons (Fsp3) is 0.600. The Balaban J connectivity index is 0.00000225. The van der Waals surface area contributed by atoms with Crippen LogP contribution in [0.3, 0.4) is 0 Å². The third-order valence-corrected chi connectivity index (χ3v) is 1.93. The Morgan fingerprint density at radius 1 is 1.62 bits per heavy atom. The molecule has 0 aliphatic heterocycles. The summed E-state index contributed by atoms with van der Waals surface area (Å²) in [5.74, 6) is 1.54. The number of hydrogen-bond acceptors (Lipinski definition) is 3. The minimum Gasteiger partial charge on any atom is -0.370 e. The number of rotatable bonds is 4. The van der Waals surface area contributed by atoms with Gasteiger partial charge < -0.3 is 15.6 Å². The molecule has 0 fully saturated rings. The highest BCUT2D eigenvalue weighted by molar-refractivity contribution is 14.0. The number of hydrogen-bond donors (Lipinski definition) is 2. The zero-order valence-corrected chi connectivity index (χ0v) is 12.2. The van der Waals surface area contributed by atoms with Crippen LogP contribution in [-0.4, -0.2) is 17.7 Å².